The van der Waals surface area contributed by atoms with Gasteiger partial charge in [0.05, 0.1) is 54.7 Å². The van der Waals surface area contributed by atoms with E-state index in [0.29, 0.717) is 0 Å². The van der Waals surface area contributed by atoms with Crippen LogP contribution in [0.4, 0.5) is 0 Å². The Labute approximate surface area is 469 Å². The van der Waals surface area contributed by atoms with E-state index in [-0.39, 0.29) is 186 Å². The Morgan fingerprint density at radius 3 is 0.688 bits per heavy atom. The predicted molar refractivity (Wildman–Crippen MR) is 220 cm³/mol. The summed E-state index contributed by atoms with van der Waals surface area (Å²) in [4.78, 5) is 4.82. The molecule has 0 saturated carbocycles. The molecule has 0 aliphatic carbocycles. The van der Waals surface area contributed by atoms with Gasteiger partial charge in [-0.2, -0.15) is 0 Å². The molecule has 28 heteroatoms. The number of hydrogen-bond donors (Lipinski definition) is 0. The predicted octanol–water partition coefficient (Wildman–Crippen LogP) is -35.7. The Kier molecular flexibility index (Phi) is 110. The van der Waals surface area contributed by atoms with Gasteiger partial charge in [0.25, 0.3) is 11.2 Å². The van der Waals surface area contributed by atoms with Crippen LogP contribution in [-0.4, -0.2) is 144 Å². The summed E-state index contributed by atoms with van der Waals surface area (Å²) in [5.41, 5.74) is 2.91. The first kappa shape index (κ1) is 111. The quantitative estimate of drug-likeness (QED) is 0.0627. The van der Waals surface area contributed by atoms with E-state index in [1.807, 2.05) is 0 Å². The molecule has 2 heterocycles. The molecule has 2 aliphatic heterocycles. The van der Waals surface area contributed by atoms with Crippen LogP contribution in [0, 0.1) is 0 Å². The smallest absolute Gasteiger partial charge is 1.00 e. The molecule has 2 aliphatic rings. The Bertz CT molecular complexity index is 1380. The van der Waals surface area contributed by atoms with Crippen LogP contribution in [-0.2, 0) is 44.8 Å². The zero-order valence-corrected chi connectivity index (χ0v) is 49.5. The van der Waals surface area contributed by atoms with E-state index < -0.39 is 15.8 Å². The first-order chi connectivity index (χ1) is 22.4. The average molecular weight is 1670 g/mol. The molecule has 0 bridgehead atoms. The van der Waals surface area contributed by atoms with Gasteiger partial charge in [0.1, 0.15) is 26.2 Å². The standard InChI is InChI=1S/2C17H20N2P.2CH2Cl2.2Au.2ClH.12FH.2Sb/c2*1-18-13-14-19(2)17(18)20(15-9-5-3-6-10-15)16-11-7-4-8-12-16;2*2-1-3;;;;;;;;;;;;;;;;;;/h2*3-12H,13-14H2,1-2H3;2*1H2;;;14*1H;;/q2*+1;;;2*+1;;;;;;;;;;;;;;;2*+5/p-14. The monoisotopic (exact) mass is 1670 g/mol. The van der Waals surface area contributed by atoms with Crippen molar-refractivity contribution in [2.45, 2.75) is 0 Å². The fourth-order valence-electron chi connectivity index (χ4n) is 5.33. The minimum absolute atomic E-state index is 0. The number of hydrogen-bond acceptors (Lipinski definition) is 2. The van der Waals surface area contributed by atoms with Gasteiger partial charge in [0, 0.05) is 0 Å². The van der Waals surface area contributed by atoms with E-state index >= 15 is 0 Å². The van der Waals surface area contributed by atoms with Crippen LogP contribution in [0.5, 0.6) is 0 Å². The molecule has 4 aromatic rings. The van der Waals surface area contributed by atoms with Crippen molar-refractivity contribution in [1.82, 2.24) is 9.80 Å². The Morgan fingerprint density at radius 2 is 0.562 bits per heavy atom. The molecular formula is C36H44Au2Cl6F12N4P2Sb2. The molecule has 0 amide bonds. The maximum absolute atomic E-state index is 4.76. The number of alkyl halides is 4. The summed E-state index contributed by atoms with van der Waals surface area (Å²) in [5, 5.41) is 6.07. The third-order valence-electron chi connectivity index (χ3n) is 7.36. The second-order valence-electron chi connectivity index (χ2n) is 10.5. The zero-order chi connectivity index (χ0) is 33.3. The topological polar surface area (TPSA) is 12.5 Å². The van der Waals surface area contributed by atoms with Gasteiger partial charge in [0.2, 0.25) is 0 Å². The van der Waals surface area contributed by atoms with Gasteiger partial charge in [-0.3, -0.25) is 19.0 Å². The second kappa shape index (κ2) is 63.7. The maximum atomic E-state index is 4.76. The first-order valence-electron chi connectivity index (χ1n) is 15.0. The van der Waals surface area contributed by atoms with Crippen LogP contribution in [0.15, 0.2) is 121 Å². The van der Waals surface area contributed by atoms with E-state index in [2.05, 4.69) is 168 Å². The number of nitrogens with zero attached hydrogens (tertiary/aromatic N) is 4. The summed E-state index contributed by atoms with van der Waals surface area (Å²) >= 11 is 19.1. The van der Waals surface area contributed by atoms with E-state index in [9.17, 15) is 0 Å². The van der Waals surface area contributed by atoms with Gasteiger partial charge in [-0.1, -0.05) is 121 Å². The van der Waals surface area contributed by atoms with Crippen molar-refractivity contribution in [2.75, 3.05) is 65.0 Å². The summed E-state index contributed by atoms with van der Waals surface area (Å²) in [6.07, 6.45) is 0. The average Bonchev–Trinajstić information content (AvgIpc) is 3.59. The molecule has 0 saturated heterocycles. The van der Waals surface area contributed by atoms with Crippen LogP contribution < -0.4 is 102 Å². The van der Waals surface area contributed by atoms with E-state index in [0.717, 1.165) is 26.2 Å². The summed E-state index contributed by atoms with van der Waals surface area (Å²) in [7, 11) is 7.91. The molecule has 0 fully saturated rings. The maximum Gasteiger partial charge on any atom is 5.00 e. The fourth-order valence-corrected chi connectivity index (χ4v) is 10.5. The van der Waals surface area contributed by atoms with Gasteiger partial charge >= 0.3 is 93.6 Å². The van der Waals surface area contributed by atoms with Crippen molar-refractivity contribution >= 4 is 143 Å². The Balaban J connectivity index is -0.0000000365. The van der Waals surface area contributed by atoms with Crippen LogP contribution in [0.1, 0.15) is 0 Å². The molecule has 4 aromatic carbocycles. The number of rotatable bonds is 6. The minimum atomic E-state index is -0.462. The SMILES string of the molecule is CN1CC[N+](C)=C1P(c1ccccc1)c1ccccc1.CN1CC[N+](C)=C1P(c1ccccc1)c1ccccc1.ClCCl.ClCCl.[Au+].[Au+].[Cl-].[Cl-].[F-].[F-].[F-].[F-].[F-].[F-].[F-].[F-].[F-].[F-].[F-].[F-].[Sb+5].[Sb+5]. The summed E-state index contributed by atoms with van der Waals surface area (Å²) in [6, 6.07) is 43.5. The molecule has 0 aromatic heterocycles. The molecule has 0 unspecified atom stereocenters. The molecule has 6 rings (SSSR count). The summed E-state index contributed by atoms with van der Waals surface area (Å²) in [6.45, 7) is 4.46. The summed E-state index contributed by atoms with van der Waals surface area (Å²) in [5.74, 6) is 0. The Morgan fingerprint density at radius 1 is 0.406 bits per heavy atom. The van der Waals surface area contributed by atoms with Crippen molar-refractivity contribution < 1.29 is 135 Å². The van der Waals surface area contributed by atoms with Crippen molar-refractivity contribution in [3.05, 3.63) is 121 Å². The van der Waals surface area contributed by atoms with Crippen molar-refractivity contribution in [3.63, 3.8) is 0 Å². The largest absolute Gasteiger partial charge is 5.00 e. The number of amidine groups is 2. The normalized spacial score (nSPS) is 10.1. The van der Waals surface area contributed by atoms with E-state index in [4.69, 9.17) is 46.4 Å². The molecule has 0 atom stereocenters. The molecule has 0 radical (unpaired) electrons. The van der Waals surface area contributed by atoms with Crippen LogP contribution in [0.3, 0.4) is 0 Å². The van der Waals surface area contributed by atoms with Crippen molar-refractivity contribution in [1.29, 1.82) is 0 Å². The molecule has 64 heavy (non-hydrogen) atoms. The zero-order valence-electron chi connectivity index (χ0n) is 33.8. The number of likely N-dealkylation sites (N-methyl/N-ethyl adjacent to an activating group) is 4. The molecule has 4 nitrogen and oxygen atoms in total. The second-order valence-corrected chi connectivity index (χ2v) is 16.3. The first-order valence-corrected chi connectivity index (χ1v) is 19.8. The molecule has 0 N–H and O–H groups in total. The molecular weight excluding hydrogens is 1630 g/mol. The van der Waals surface area contributed by atoms with Gasteiger partial charge in [-0.25, -0.2) is 0 Å². The van der Waals surface area contributed by atoms with Gasteiger partial charge < -0.3 is 81.3 Å². The van der Waals surface area contributed by atoms with Crippen LogP contribution >= 0.6 is 62.2 Å². The fraction of sp³-hybridized carbons (Fsp3) is 0.278. The van der Waals surface area contributed by atoms with Gasteiger partial charge in [0.15, 0.2) is 0 Å². The molecule has 0 spiro atoms. The van der Waals surface area contributed by atoms with Crippen LogP contribution in [0.25, 0.3) is 0 Å². The minimum Gasteiger partial charge on any atom is -1.00 e. The van der Waals surface area contributed by atoms with Crippen molar-refractivity contribution in [3.8, 4) is 0 Å². The van der Waals surface area contributed by atoms with Crippen LogP contribution in [0.2, 0.25) is 0 Å². The third-order valence-corrected chi connectivity index (χ3v) is 12.8. The third kappa shape index (κ3) is 34.9. The van der Waals surface area contributed by atoms with Gasteiger partial charge in [-0.15, -0.1) is 46.4 Å². The molecule has 376 valence electrons. The van der Waals surface area contributed by atoms with E-state index in [1.54, 1.807) is 0 Å². The van der Waals surface area contributed by atoms with E-state index in [1.165, 1.54) is 32.4 Å². The summed E-state index contributed by atoms with van der Waals surface area (Å²) < 4.78 is 4.82. The Hall–Kier alpha value is 0.697. The number of halogens is 18. The number of benzene rings is 4. The van der Waals surface area contributed by atoms with Gasteiger partial charge in [-0.05, 0) is 21.2 Å². The van der Waals surface area contributed by atoms with Crippen molar-refractivity contribution in [2.24, 2.45) is 0 Å².